The summed E-state index contributed by atoms with van der Waals surface area (Å²) in [7, 11) is 6.79. The van der Waals surface area contributed by atoms with E-state index in [1.54, 1.807) is 37.1 Å². The molecule has 2 N–H and O–H groups in total. The lowest BCUT2D eigenvalue weighted by Crippen LogP contribution is -2.54. The van der Waals surface area contributed by atoms with Crippen LogP contribution in [0.2, 0.25) is 0 Å². The Morgan fingerprint density at radius 1 is 0.853 bits per heavy atom. The van der Waals surface area contributed by atoms with E-state index in [9.17, 15) is 38.7 Å². The number of amides is 4. The average Bonchev–Trinajstić information content (AvgIpc) is 4.04. The maximum Gasteiger partial charge on any atom is 0.307 e. The maximum absolute atomic E-state index is 14.7. The number of nitrogens with one attached hydrogen (secondary N) is 1. The second-order valence-corrected chi connectivity index (χ2v) is 20.1. The summed E-state index contributed by atoms with van der Waals surface area (Å²) >= 11 is 0. The van der Waals surface area contributed by atoms with Gasteiger partial charge in [0.2, 0.25) is 11.8 Å². The zero-order chi connectivity index (χ0) is 50.4. The van der Waals surface area contributed by atoms with Gasteiger partial charge in [-0.1, -0.05) is 85.9 Å². The number of likely N-dealkylation sites (tertiary alicyclic amines) is 1. The number of fused-ring (bicyclic) bond motifs is 1. The van der Waals surface area contributed by atoms with E-state index in [1.165, 1.54) is 24.2 Å². The minimum absolute atomic E-state index is 0.00770. The predicted molar refractivity (Wildman–Crippen MR) is 262 cm³/mol. The number of likely N-dealkylation sites (N-methyl/N-ethyl adjacent to an activating group) is 2. The molecule has 68 heavy (non-hydrogen) atoms. The van der Waals surface area contributed by atoms with Crippen LogP contribution in [0, 0.1) is 35.5 Å². The normalized spacial score (nSPS) is 18.9. The van der Waals surface area contributed by atoms with Crippen molar-refractivity contribution in [1.29, 1.82) is 0 Å². The van der Waals surface area contributed by atoms with Crippen molar-refractivity contribution in [3.8, 4) is 0 Å². The van der Waals surface area contributed by atoms with Crippen molar-refractivity contribution in [1.82, 2.24) is 24.6 Å². The first-order valence-corrected chi connectivity index (χ1v) is 25.0. The fraction of sp³-hybridized carbons (Fsp3) is 0.679. The number of ether oxygens (including phenoxy) is 2. The number of aromatic amines is 1. The summed E-state index contributed by atoms with van der Waals surface area (Å²) in [6.45, 7) is 15.4. The van der Waals surface area contributed by atoms with E-state index in [1.807, 2.05) is 72.9 Å². The number of carboxylic acids is 1. The van der Waals surface area contributed by atoms with E-state index >= 15 is 0 Å². The Balaban J connectivity index is 1.40. The smallest absolute Gasteiger partial charge is 0.307 e. The van der Waals surface area contributed by atoms with Gasteiger partial charge in [-0.3, -0.25) is 43.4 Å². The van der Waals surface area contributed by atoms with Crippen molar-refractivity contribution in [2.24, 2.45) is 35.5 Å². The fourth-order valence-electron chi connectivity index (χ4n) is 10.7. The second-order valence-electron chi connectivity index (χ2n) is 20.1. The van der Waals surface area contributed by atoms with E-state index in [-0.39, 0.29) is 84.7 Å². The van der Waals surface area contributed by atoms with E-state index in [0.717, 1.165) is 42.1 Å². The summed E-state index contributed by atoms with van der Waals surface area (Å²) in [4.78, 5) is 103. The molecule has 1 aromatic carbocycles. The van der Waals surface area contributed by atoms with Gasteiger partial charge in [0.1, 0.15) is 5.78 Å². The highest BCUT2D eigenvalue weighted by atomic mass is 16.5. The first-order chi connectivity index (χ1) is 32.3. The van der Waals surface area contributed by atoms with Crippen LogP contribution >= 0.6 is 0 Å². The predicted octanol–water partition coefficient (Wildman–Crippen LogP) is 6.96. The number of ketones is 2. The largest absolute Gasteiger partial charge is 0.481 e. The Bertz CT molecular complexity index is 2050. The topological polar surface area (TPSA) is 187 Å². The van der Waals surface area contributed by atoms with Gasteiger partial charge in [-0.2, -0.15) is 0 Å². The SMILES string of the molecule is CC[C@H](C)[C@@H]([C@@H](CC(=O)N1CCC[C@H]1[C@H](OC)[C@@H](C)C(=O)C[C@@H](Cc1c[nH]c2ccccc12)C(=O)O)OC)N(C)C(=O)[C@@H](CC(=O)[C@H](C(C)C)N(C)CCCCCCN1C(=O)C=CC1=O)C(C)C. The molecule has 1 fully saturated rings. The summed E-state index contributed by atoms with van der Waals surface area (Å²) in [5.41, 5.74) is 1.73. The molecule has 4 amide bonds. The highest BCUT2D eigenvalue weighted by molar-refractivity contribution is 6.12. The molecule has 1 saturated heterocycles. The molecular weight excluding hydrogens is 867 g/mol. The molecule has 0 aliphatic carbocycles. The van der Waals surface area contributed by atoms with E-state index < -0.39 is 48.0 Å². The molecule has 378 valence electrons. The number of Topliss-reactive ketones (excluding diaryl/α,β-unsaturated/α-hetero) is 2. The van der Waals surface area contributed by atoms with Gasteiger partial charge in [-0.05, 0) is 75.1 Å². The number of carboxylic acid groups (broad SMARTS) is 1. The molecule has 2 aromatic rings. The molecule has 15 nitrogen and oxygen atoms in total. The molecule has 0 radical (unpaired) electrons. The Morgan fingerprint density at radius 2 is 1.51 bits per heavy atom. The number of methoxy groups -OCH3 is 2. The number of hydrogen-bond donors (Lipinski definition) is 2. The number of para-hydroxylation sites is 1. The Hall–Kier alpha value is -4.73. The van der Waals surface area contributed by atoms with Gasteiger partial charge in [0, 0.05) is 88.3 Å². The lowest BCUT2D eigenvalue weighted by molar-refractivity contribution is -0.149. The minimum Gasteiger partial charge on any atom is -0.481 e. The molecule has 0 bridgehead atoms. The number of unbranched alkanes of at least 4 members (excludes halogenated alkanes) is 3. The molecule has 4 rings (SSSR count). The second kappa shape index (κ2) is 26.3. The molecule has 0 unspecified atom stereocenters. The van der Waals surface area contributed by atoms with Gasteiger partial charge in [0.15, 0.2) is 5.78 Å². The Morgan fingerprint density at radius 3 is 2.12 bits per heavy atom. The number of hydrogen-bond acceptors (Lipinski definition) is 10. The molecule has 3 heterocycles. The van der Waals surface area contributed by atoms with Crippen molar-refractivity contribution >= 4 is 52.1 Å². The number of benzene rings is 1. The van der Waals surface area contributed by atoms with Crippen LogP contribution in [0.15, 0.2) is 42.6 Å². The number of aliphatic carboxylic acids is 1. The highest BCUT2D eigenvalue weighted by Gasteiger charge is 2.44. The number of aromatic nitrogens is 1. The van der Waals surface area contributed by atoms with Gasteiger partial charge in [-0.25, -0.2) is 0 Å². The van der Waals surface area contributed by atoms with Crippen LogP contribution in [0.1, 0.15) is 118 Å². The highest BCUT2D eigenvalue weighted by Crippen LogP contribution is 2.32. The lowest BCUT2D eigenvalue weighted by Gasteiger charge is -2.41. The van der Waals surface area contributed by atoms with Crippen molar-refractivity contribution in [3.63, 3.8) is 0 Å². The van der Waals surface area contributed by atoms with Gasteiger partial charge in [0.25, 0.3) is 11.8 Å². The zero-order valence-electron chi connectivity index (χ0n) is 42.7. The molecule has 2 aliphatic rings. The van der Waals surface area contributed by atoms with Crippen LogP contribution in [-0.2, 0) is 49.5 Å². The molecule has 0 saturated carbocycles. The molecule has 2 aliphatic heterocycles. The van der Waals surface area contributed by atoms with E-state index in [0.29, 0.717) is 38.9 Å². The third-order valence-electron chi connectivity index (χ3n) is 14.8. The summed E-state index contributed by atoms with van der Waals surface area (Å²) in [6.07, 6.45) is 8.49. The maximum atomic E-state index is 14.7. The van der Waals surface area contributed by atoms with Crippen LogP contribution < -0.4 is 0 Å². The number of H-pyrrole nitrogens is 1. The van der Waals surface area contributed by atoms with Gasteiger partial charge in [-0.15, -0.1) is 0 Å². The summed E-state index contributed by atoms with van der Waals surface area (Å²) < 4.78 is 12.1. The molecule has 9 atom stereocenters. The number of nitrogens with zero attached hydrogens (tertiary/aromatic N) is 4. The van der Waals surface area contributed by atoms with Crippen LogP contribution in [0.4, 0.5) is 0 Å². The number of rotatable bonds is 30. The van der Waals surface area contributed by atoms with Crippen LogP contribution in [-0.4, -0.2) is 149 Å². The monoisotopic (exact) mass is 948 g/mol. The summed E-state index contributed by atoms with van der Waals surface area (Å²) in [5, 5.41) is 11.1. The quantitative estimate of drug-likeness (QED) is 0.0609. The third-order valence-corrected chi connectivity index (χ3v) is 14.8. The fourth-order valence-corrected chi connectivity index (χ4v) is 10.7. The van der Waals surface area contributed by atoms with Gasteiger partial charge >= 0.3 is 5.97 Å². The van der Waals surface area contributed by atoms with Crippen molar-refractivity contribution in [3.05, 3.63) is 48.2 Å². The first-order valence-electron chi connectivity index (χ1n) is 25.0. The van der Waals surface area contributed by atoms with Gasteiger partial charge < -0.3 is 29.4 Å². The Labute approximate surface area is 404 Å². The molecule has 0 spiro atoms. The van der Waals surface area contributed by atoms with Crippen LogP contribution in [0.25, 0.3) is 10.9 Å². The number of imide groups is 1. The third kappa shape index (κ3) is 14.2. The lowest BCUT2D eigenvalue weighted by atomic mass is 9.83. The summed E-state index contributed by atoms with van der Waals surface area (Å²) in [6, 6.07) is 6.37. The van der Waals surface area contributed by atoms with Crippen LogP contribution in [0.5, 0.6) is 0 Å². The number of carbonyl (C=O) groups excluding carboxylic acids is 6. The molecule has 1 aromatic heterocycles. The zero-order valence-corrected chi connectivity index (χ0v) is 42.7. The van der Waals surface area contributed by atoms with Crippen LogP contribution in [0.3, 0.4) is 0 Å². The Kier molecular flexibility index (Phi) is 21.6. The van der Waals surface area contributed by atoms with Crippen molar-refractivity contribution in [2.75, 3.05) is 47.9 Å². The average molecular weight is 948 g/mol. The molecular formula is C53H81N5O10. The van der Waals surface area contributed by atoms with E-state index in [4.69, 9.17) is 9.47 Å². The van der Waals surface area contributed by atoms with Crippen molar-refractivity contribution < 1.29 is 48.1 Å². The minimum atomic E-state index is -1.05. The summed E-state index contributed by atoms with van der Waals surface area (Å²) in [5.74, 6) is -4.56. The first kappa shape index (κ1) is 55.9. The standard InChI is InChI=1S/C53H81N5O10/c1-12-35(6)50(56(9)52(64)40(33(2)3)30-44(60)49(34(4)5)55(8)25-17-13-14-18-26-58-46(61)23-24-47(58)62)45(67-10)31-48(63)57-27-19-22-42(57)51(68-11)36(7)43(59)29-37(53(65)66)28-38-32-54-41-21-16-15-20-39(38)41/h15-16,20-21,23-24,32-37,40,42,45,49-51,54H,12-14,17-19,22,25-31H2,1-11H3,(H,65,66)/t35-,36-,37+,40-,42-,45+,49-,50-,51+/m0/s1. The molecule has 15 heteroatoms. The van der Waals surface area contributed by atoms with E-state index in [2.05, 4.69) is 9.88 Å². The number of carbonyl (C=O) groups is 7. The van der Waals surface area contributed by atoms with Crippen molar-refractivity contribution in [2.45, 2.75) is 149 Å². The van der Waals surface area contributed by atoms with Gasteiger partial charge in [0.05, 0.1) is 42.7 Å².